The van der Waals surface area contributed by atoms with Gasteiger partial charge >= 0.3 is 0 Å². The van der Waals surface area contributed by atoms with Crippen LogP contribution in [-0.4, -0.2) is 13.2 Å². The van der Waals surface area contributed by atoms with Crippen LogP contribution in [0.15, 0.2) is 30.3 Å². The highest BCUT2D eigenvalue weighted by molar-refractivity contribution is 5.88. The summed E-state index contributed by atoms with van der Waals surface area (Å²) in [6.07, 6.45) is 0.185. The Bertz CT molecular complexity index is 786. The number of anilines is 3. The predicted molar refractivity (Wildman–Crippen MR) is 91.8 cm³/mol. The second kappa shape index (κ2) is 5.06. The highest BCUT2D eigenvalue weighted by Crippen LogP contribution is 2.46. The van der Waals surface area contributed by atoms with Crippen LogP contribution >= 0.6 is 0 Å². The van der Waals surface area contributed by atoms with Crippen molar-refractivity contribution in [1.29, 1.82) is 5.26 Å². The zero-order valence-electron chi connectivity index (χ0n) is 13.8. The van der Waals surface area contributed by atoms with E-state index in [4.69, 9.17) is 0 Å². The summed E-state index contributed by atoms with van der Waals surface area (Å²) in [5.74, 6) is 0. The molecule has 2 aromatic rings. The topological polar surface area (TPSA) is 30.3 Å². The summed E-state index contributed by atoms with van der Waals surface area (Å²) in [5.41, 5.74) is 7.86. The van der Waals surface area contributed by atoms with Gasteiger partial charge in [0.2, 0.25) is 0 Å². The lowest BCUT2D eigenvalue weighted by atomic mass is 10.0. The molecular formula is C19H21N3. The molecule has 1 aliphatic heterocycles. The molecule has 22 heavy (non-hydrogen) atoms. The van der Waals surface area contributed by atoms with Crippen molar-refractivity contribution >= 4 is 17.1 Å². The maximum atomic E-state index is 9.51. The molecule has 0 fully saturated rings. The number of nitriles is 1. The summed E-state index contributed by atoms with van der Waals surface area (Å²) >= 11 is 0. The first-order chi connectivity index (χ1) is 10.5. The molecule has 3 heteroatoms. The lowest BCUT2D eigenvalue weighted by Crippen LogP contribution is -2.36. The van der Waals surface area contributed by atoms with Crippen LogP contribution in [0.1, 0.15) is 29.2 Å². The van der Waals surface area contributed by atoms with Crippen LogP contribution in [-0.2, 0) is 0 Å². The molecule has 0 saturated carbocycles. The van der Waals surface area contributed by atoms with Crippen LogP contribution in [0.5, 0.6) is 0 Å². The van der Waals surface area contributed by atoms with E-state index >= 15 is 0 Å². The molecule has 3 nitrogen and oxygen atoms in total. The van der Waals surface area contributed by atoms with Crippen LogP contribution in [0.4, 0.5) is 17.1 Å². The van der Waals surface area contributed by atoms with Crippen LogP contribution < -0.4 is 9.80 Å². The van der Waals surface area contributed by atoms with Crippen molar-refractivity contribution in [3.63, 3.8) is 0 Å². The standard InChI is InChI=1S/C19H21N3/c1-12-9-14(3)18(10-13(12)2)22-15(4)21(5)17-8-6-7-16(11-20)19(17)22/h6-10,15H,1-5H3/t15-/m0/s1. The second-order valence-corrected chi connectivity index (χ2v) is 6.12. The van der Waals surface area contributed by atoms with Crippen molar-refractivity contribution in [2.24, 2.45) is 0 Å². The minimum Gasteiger partial charge on any atom is -0.352 e. The molecule has 0 aromatic heterocycles. The van der Waals surface area contributed by atoms with E-state index in [2.05, 4.69) is 68.8 Å². The highest BCUT2D eigenvalue weighted by Gasteiger charge is 2.34. The van der Waals surface area contributed by atoms with Crippen molar-refractivity contribution in [2.75, 3.05) is 16.8 Å². The van der Waals surface area contributed by atoms with E-state index in [1.807, 2.05) is 12.1 Å². The fraction of sp³-hybridized carbons (Fsp3) is 0.316. The SMILES string of the molecule is Cc1cc(C)c(N2c3c(C#N)cccc3N(C)[C@@H]2C)cc1C. The first kappa shape index (κ1) is 14.5. The summed E-state index contributed by atoms with van der Waals surface area (Å²) in [6.45, 7) is 8.59. The molecule has 112 valence electrons. The number of benzene rings is 2. The summed E-state index contributed by atoms with van der Waals surface area (Å²) in [6, 6.07) is 12.7. The number of fused-ring (bicyclic) bond motifs is 1. The van der Waals surface area contributed by atoms with E-state index in [0.29, 0.717) is 0 Å². The average molecular weight is 291 g/mol. The molecule has 0 unspecified atom stereocenters. The van der Waals surface area contributed by atoms with Gasteiger partial charge in [-0.2, -0.15) is 5.26 Å². The van der Waals surface area contributed by atoms with Gasteiger partial charge in [0, 0.05) is 12.7 Å². The zero-order chi connectivity index (χ0) is 16.0. The van der Waals surface area contributed by atoms with Gasteiger partial charge in [-0.15, -0.1) is 0 Å². The smallest absolute Gasteiger partial charge is 0.103 e. The third-order valence-corrected chi connectivity index (χ3v) is 4.76. The van der Waals surface area contributed by atoms with Gasteiger partial charge in [-0.25, -0.2) is 0 Å². The van der Waals surface area contributed by atoms with E-state index in [1.54, 1.807) is 0 Å². The summed E-state index contributed by atoms with van der Waals surface area (Å²) < 4.78 is 0. The molecule has 0 bridgehead atoms. The van der Waals surface area contributed by atoms with E-state index in [0.717, 1.165) is 16.9 Å². The fourth-order valence-corrected chi connectivity index (χ4v) is 3.25. The Kier molecular flexibility index (Phi) is 3.33. The monoisotopic (exact) mass is 291 g/mol. The molecule has 0 spiro atoms. The zero-order valence-corrected chi connectivity index (χ0v) is 13.8. The Morgan fingerprint density at radius 1 is 1.00 bits per heavy atom. The van der Waals surface area contributed by atoms with Crippen molar-refractivity contribution in [1.82, 2.24) is 0 Å². The van der Waals surface area contributed by atoms with Crippen LogP contribution in [0, 0.1) is 32.1 Å². The Labute approximate surface area is 132 Å². The van der Waals surface area contributed by atoms with E-state index in [9.17, 15) is 5.26 Å². The largest absolute Gasteiger partial charge is 0.352 e. The number of hydrogen-bond donors (Lipinski definition) is 0. The third kappa shape index (κ3) is 1.95. The van der Waals surface area contributed by atoms with Crippen molar-refractivity contribution < 1.29 is 0 Å². The van der Waals surface area contributed by atoms with Gasteiger partial charge < -0.3 is 9.80 Å². The molecule has 0 N–H and O–H groups in total. The molecule has 2 aromatic carbocycles. The Morgan fingerprint density at radius 2 is 1.68 bits per heavy atom. The molecule has 0 saturated heterocycles. The Morgan fingerprint density at radius 3 is 2.36 bits per heavy atom. The molecule has 0 amide bonds. The van der Waals surface area contributed by atoms with Gasteiger partial charge in [0.25, 0.3) is 0 Å². The minimum atomic E-state index is 0.185. The van der Waals surface area contributed by atoms with Crippen molar-refractivity contribution in [3.05, 3.63) is 52.6 Å². The molecule has 3 rings (SSSR count). The van der Waals surface area contributed by atoms with E-state index < -0.39 is 0 Å². The Balaban J connectivity index is 2.26. The van der Waals surface area contributed by atoms with Crippen LogP contribution in [0.3, 0.4) is 0 Å². The van der Waals surface area contributed by atoms with Gasteiger partial charge in [0.05, 0.1) is 16.9 Å². The molecule has 0 radical (unpaired) electrons. The number of rotatable bonds is 1. The van der Waals surface area contributed by atoms with Gasteiger partial charge in [0.15, 0.2) is 0 Å². The van der Waals surface area contributed by atoms with Crippen molar-refractivity contribution in [2.45, 2.75) is 33.9 Å². The molecule has 1 aliphatic rings. The average Bonchev–Trinajstić information content (AvgIpc) is 2.75. The maximum absolute atomic E-state index is 9.51. The molecule has 0 aliphatic carbocycles. The summed E-state index contributed by atoms with van der Waals surface area (Å²) in [5, 5.41) is 9.51. The molecule has 1 heterocycles. The normalized spacial score (nSPS) is 16.6. The van der Waals surface area contributed by atoms with Gasteiger partial charge in [-0.05, 0) is 62.6 Å². The highest BCUT2D eigenvalue weighted by atomic mass is 15.4. The molecular weight excluding hydrogens is 270 g/mol. The summed E-state index contributed by atoms with van der Waals surface area (Å²) in [4.78, 5) is 4.51. The predicted octanol–water partition coefficient (Wildman–Crippen LogP) is 4.42. The Hall–Kier alpha value is -2.47. The fourth-order valence-electron chi connectivity index (χ4n) is 3.25. The van der Waals surface area contributed by atoms with Gasteiger partial charge in [-0.1, -0.05) is 12.1 Å². The second-order valence-electron chi connectivity index (χ2n) is 6.12. The van der Waals surface area contributed by atoms with E-state index in [-0.39, 0.29) is 6.17 Å². The minimum absolute atomic E-state index is 0.185. The number of hydrogen-bond acceptors (Lipinski definition) is 3. The lowest BCUT2D eigenvalue weighted by Gasteiger charge is -2.30. The van der Waals surface area contributed by atoms with E-state index in [1.165, 1.54) is 22.4 Å². The van der Waals surface area contributed by atoms with Crippen LogP contribution in [0.2, 0.25) is 0 Å². The van der Waals surface area contributed by atoms with Gasteiger partial charge in [0.1, 0.15) is 12.2 Å². The van der Waals surface area contributed by atoms with Gasteiger partial charge in [-0.3, -0.25) is 0 Å². The third-order valence-electron chi connectivity index (χ3n) is 4.76. The first-order valence-corrected chi connectivity index (χ1v) is 7.58. The number of nitrogens with zero attached hydrogens (tertiary/aromatic N) is 3. The molecule has 1 atom stereocenters. The van der Waals surface area contributed by atoms with Crippen molar-refractivity contribution in [3.8, 4) is 6.07 Å². The number of para-hydroxylation sites is 1. The number of aryl methyl sites for hydroxylation is 3. The first-order valence-electron chi connectivity index (χ1n) is 7.58. The maximum Gasteiger partial charge on any atom is 0.103 e. The quantitative estimate of drug-likeness (QED) is 0.779. The summed E-state index contributed by atoms with van der Waals surface area (Å²) in [7, 11) is 2.08. The lowest BCUT2D eigenvalue weighted by molar-refractivity contribution is 0.732. The van der Waals surface area contributed by atoms with Crippen LogP contribution in [0.25, 0.3) is 0 Å².